The van der Waals surface area contributed by atoms with Gasteiger partial charge in [-0.2, -0.15) is 5.10 Å². The fraction of sp³-hybridized carbons (Fsp3) is 0.391. The minimum atomic E-state index is -0.0756. The summed E-state index contributed by atoms with van der Waals surface area (Å²) in [4.78, 5) is 31.2. The number of rotatable bonds is 7. The van der Waals surface area contributed by atoms with Crippen molar-refractivity contribution in [3.63, 3.8) is 0 Å². The predicted molar refractivity (Wildman–Crippen MR) is 118 cm³/mol. The average Bonchev–Trinajstić information content (AvgIpc) is 3.09. The zero-order chi connectivity index (χ0) is 21.8. The van der Waals surface area contributed by atoms with Gasteiger partial charge in [-0.15, -0.1) is 0 Å². The first-order valence-electron chi connectivity index (χ1n) is 10.4. The van der Waals surface area contributed by atoms with E-state index in [1.807, 2.05) is 45.2 Å². The van der Waals surface area contributed by atoms with Crippen molar-refractivity contribution in [3.05, 3.63) is 58.5 Å². The molecule has 3 aromatic rings. The molecule has 0 aliphatic carbocycles. The maximum atomic E-state index is 12.5. The molecule has 0 saturated carbocycles. The molecule has 158 valence electrons. The maximum Gasteiger partial charge on any atom is 0.253 e. The van der Waals surface area contributed by atoms with E-state index in [1.54, 1.807) is 29.2 Å². The van der Waals surface area contributed by atoms with Gasteiger partial charge >= 0.3 is 0 Å². The molecule has 0 unspecified atom stereocenters. The van der Waals surface area contributed by atoms with Gasteiger partial charge in [0.15, 0.2) is 5.65 Å². The molecule has 0 aliphatic rings. The molecule has 2 amide bonds. The molecule has 1 aromatic carbocycles. The zero-order valence-electron chi connectivity index (χ0n) is 18.3. The Kier molecular flexibility index (Phi) is 6.50. The van der Waals surface area contributed by atoms with Crippen molar-refractivity contribution < 1.29 is 9.59 Å². The van der Waals surface area contributed by atoms with Crippen molar-refractivity contribution >= 4 is 23.1 Å². The Morgan fingerprint density at radius 2 is 1.73 bits per heavy atom. The Bertz CT molecular complexity index is 1070. The number of nitrogens with one attached hydrogen (secondary N) is 1. The number of amides is 2. The van der Waals surface area contributed by atoms with Gasteiger partial charge < -0.3 is 10.2 Å². The highest BCUT2D eigenvalue weighted by Gasteiger charge is 2.14. The summed E-state index contributed by atoms with van der Waals surface area (Å²) in [5, 5.41) is 7.39. The number of aromatic nitrogens is 3. The van der Waals surface area contributed by atoms with E-state index in [1.165, 1.54) is 0 Å². The van der Waals surface area contributed by atoms with E-state index in [0.29, 0.717) is 37.2 Å². The van der Waals surface area contributed by atoms with Crippen LogP contribution in [0.3, 0.4) is 0 Å². The summed E-state index contributed by atoms with van der Waals surface area (Å²) in [6.45, 7) is 11.2. The van der Waals surface area contributed by atoms with Crippen LogP contribution in [0.5, 0.6) is 0 Å². The van der Waals surface area contributed by atoms with Crippen LogP contribution in [0.1, 0.15) is 53.3 Å². The average molecular weight is 408 g/mol. The molecule has 0 aliphatic heterocycles. The number of fused-ring (bicyclic) bond motifs is 1. The molecule has 3 rings (SSSR count). The third-order valence-corrected chi connectivity index (χ3v) is 5.35. The molecular weight excluding hydrogens is 378 g/mol. The molecule has 0 saturated heterocycles. The summed E-state index contributed by atoms with van der Waals surface area (Å²) in [7, 11) is 0. The molecule has 30 heavy (non-hydrogen) atoms. The number of aryl methyl sites for hydroxylation is 3. The van der Waals surface area contributed by atoms with E-state index in [2.05, 4.69) is 15.4 Å². The van der Waals surface area contributed by atoms with Gasteiger partial charge in [0.25, 0.3) is 5.91 Å². The number of carbonyl (C=O) groups excluding carboxylic acids is 2. The summed E-state index contributed by atoms with van der Waals surface area (Å²) in [5.74, 6) is -0.0751. The van der Waals surface area contributed by atoms with Crippen molar-refractivity contribution in [3.8, 4) is 0 Å². The van der Waals surface area contributed by atoms with Gasteiger partial charge in [0, 0.05) is 48.2 Å². The van der Waals surface area contributed by atoms with E-state index >= 15 is 0 Å². The second kappa shape index (κ2) is 9.07. The largest absolute Gasteiger partial charge is 0.339 e. The van der Waals surface area contributed by atoms with E-state index < -0.39 is 0 Å². The number of benzene rings is 1. The molecule has 0 bridgehead atoms. The maximum absolute atomic E-state index is 12.5. The van der Waals surface area contributed by atoms with Gasteiger partial charge in [0.05, 0.1) is 5.69 Å². The molecule has 7 heteroatoms. The summed E-state index contributed by atoms with van der Waals surface area (Å²) >= 11 is 0. The fourth-order valence-corrected chi connectivity index (χ4v) is 3.65. The Morgan fingerprint density at radius 3 is 2.37 bits per heavy atom. The van der Waals surface area contributed by atoms with E-state index in [4.69, 9.17) is 0 Å². The Labute approximate surface area is 177 Å². The molecule has 0 radical (unpaired) electrons. The highest BCUT2D eigenvalue weighted by molar-refractivity contribution is 5.95. The molecule has 0 spiro atoms. The number of anilines is 1. The summed E-state index contributed by atoms with van der Waals surface area (Å²) in [5.41, 5.74) is 6.03. The van der Waals surface area contributed by atoms with Crippen LogP contribution < -0.4 is 5.32 Å². The minimum Gasteiger partial charge on any atom is -0.339 e. The molecule has 7 nitrogen and oxygen atoms in total. The number of nitrogens with zero attached hydrogens (tertiary/aromatic N) is 4. The second-order valence-corrected chi connectivity index (χ2v) is 7.42. The van der Waals surface area contributed by atoms with Crippen LogP contribution in [0.25, 0.3) is 5.65 Å². The molecule has 2 aromatic heterocycles. The highest BCUT2D eigenvalue weighted by Crippen LogP contribution is 2.18. The lowest BCUT2D eigenvalue weighted by molar-refractivity contribution is -0.116. The summed E-state index contributed by atoms with van der Waals surface area (Å²) in [6.07, 6.45) is 0.930. The SMILES string of the molecule is CCN(CC)C(=O)c1ccc(NC(=O)CCc2c(C)nc3cc(C)nn3c2C)cc1. The van der Waals surface area contributed by atoms with Crippen LogP contribution >= 0.6 is 0 Å². The number of hydrogen-bond acceptors (Lipinski definition) is 4. The lowest BCUT2D eigenvalue weighted by Gasteiger charge is -2.18. The lowest BCUT2D eigenvalue weighted by atomic mass is 10.1. The number of hydrogen-bond donors (Lipinski definition) is 1. The number of carbonyl (C=O) groups is 2. The molecule has 2 heterocycles. The van der Waals surface area contributed by atoms with Crippen LogP contribution in [0, 0.1) is 20.8 Å². The van der Waals surface area contributed by atoms with E-state index in [0.717, 1.165) is 28.3 Å². The second-order valence-electron chi connectivity index (χ2n) is 7.42. The first kappa shape index (κ1) is 21.5. The monoisotopic (exact) mass is 407 g/mol. The van der Waals surface area contributed by atoms with Crippen molar-refractivity contribution in [2.24, 2.45) is 0 Å². The van der Waals surface area contributed by atoms with Crippen LogP contribution in [-0.2, 0) is 11.2 Å². The predicted octanol–water partition coefficient (Wildman–Crippen LogP) is 3.71. The topological polar surface area (TPSA) is 79.6 Å². The standard InChI is InChI=1S/C23H29N5O2/c1-6-27(7-2)23(30)18-8-10-19(11-9-18)25-22(29)13-12-20-16(4)24-21-14-15(3)26-28(21)17(20)5/h8-11,14H,6-7,12-13H2,1-5H3,(H,25,29). The van der Waals surface area contributed by atoms with Crippen molar-refractivity contribution in [2.45, 2.75) is 47.5 Å². The van der Waals surface area contributed by atoms with Gasteiger partial charge in [-0.05, 0) is 70.9 Å². The third-order valence-electron chi connectivity index (χ3n) is 5.35. The lowest BCUT2D eigenvalue weighted by Crippen LogP contribution is -2.30. The molecule has 0 fully saturated rings. The van der Waals surface area contributed by atoms with Gasteiger partial charge in [0.1, 0.15) is 0 Å². The first-order valence-corrected chi connectivity index (χ1v) is 10.4. The highest BCUT2D eigenvalue weighted by atomic mass is 16.2. The van der Waals surface area contributed by atoms with Gasteiger partial charge in [-0.3, -0.25) is 9.59 Å². The van der Waals surface area contributed by atoms with Crippen molar-refractivity contribution in [1.82, 2.24) is 19.5 Å². The van der Waals surface area contributed by atoms with Crippen LogP contribution in [0.2, 0.25) is 0 Å². The Hall–Kier alpha value is -3.22. The Morgan fingerprint density at radius 1 is 1.07 bits per heavy atom. The van der Waals surface area contributed by atoms with Crippen LogP contribution in [0.4, 0.5) is 5.69 Å². The first-order chi connectivity index (χ1) is 14.3. The van der Waals surface area contributed by atoms with Gasteiger partial charge in [-0.1, -0.05) is 0 Å². The van der Waals surface area contributed by atoms with Gasteiger partial charge in [0.2, 0.25) is 5.91 Å². The summed E-state index contributed by atoms with van der Waals surface area (Å²) in [6, 6.07) is 8.99. The van der Waals surface area contributed by atoms with E-state index in [9.17, 15) is 9.59 Å². The molecule has 0 atom stereocenters. The zero-order valence-corrected chi connectivity index (χ0v) is 18.3. The minimum absolute atomic E-state index is 0.000535. The van der Waals surface area contributed by atoms with Gasteiger partial charge in [-0.25, -0.2) is 9.50 Å². The van der Waals surface area contributed by atoms with Crippen molar-refractivity contribution in [2.75, 3.05) is 18.4 Å². The molecule has 1 N–H and O–H groups in total. The Balaban J connectivity index is 1.64. The van der Waals surface area contributed by atoms with Crippen LogP contribution in [-0.4, -0.2) is 44.4 Å². The quantitative estimate of drug-likeness (QED) is 0.648. The van der Waals surface area contributed by atoms with Crippen LogP contribution in [0.15, 0.2) is 30.3 Å². The van der Waals surface area contributed by atoms with Crippen molar-refractivity contribution in [1.29, 1.82) is 0 Å². The fourth-order valence-electron chi connectivity index (χ4n) is 3.65. The van der Waals surface area contributed by atoms with E-state index in [-0.39, 0.29) is 11.8 Å². The molecular formula is C23H29N5O2. The summed E-state index contributed by atoms with van der Waals surface area (Å²) < 4.78 is 1.83. The normalized spacial score (nSPS) is 11.0. The third kappa shape index (κ3) is 4.50. The smallest absolute Gasteiger partial charge is 0.253 e.